The number of piperazine rings is 1. The summed E-state index contributed by atoms with van der Waals surface area (Å²) in [5, 5.41) is 5.48. The monoisotopic (exact) mass is 556 g/mol. The molecule has 0 aliphatic carbocycles. The second-order valence-electron chi connectivity index (χ2n) is 10.2. The smallest absolute Gasteiger partial charge is 0.246 e. The van der Waals surface area contributed by atoms with Gasteiger partial charge in [-0.3, -0.25) is 9.89 Å². The summed E-state index contributed by atoms with van der Waals surface area (Å²) in [7, 11) is -2.27. The number of aryl methyl sites for hydroxylation is 1. The number of rotatable bonds is 10. The lowest BCUT2D eigenvalue weighted by Crippen LogP contribution is -2.51. The van der Waals surface area contributed by atoms with Crippen LogP contribution in [0.15, 0.2) is 58.7 Å². The molecule has 0 saturated carbocycles. The third-order valence-corrected chi connectivity index (χ3v) is 8.73. The van der Waals surface area contributed by atoms with E-state index in [1.165, 1.54) is 22.7 Å². The molecule has 2 N–H and O–H groups in total. The molecule has 1 fully saturated rings. The minimum absolute atomic E-state index is 0.0255. The number of hydrogen-bond donors (Lipinski definition) is 1. The highest BCUT2D eigenvalue weighted by Gasteiger charge is 2.36. The first-order chi connectivity index (χ1) is 18.6. The highest BCUT2D eigenvalue weighted by Crippen LogP contribution is 2.33. The third kappa shape index (κ3) is 6.38. The van der Waals surface area contributed by atoms with Crippen LogP contribution in [0.2, 0.25) is 0 Å². The lowest BCUT2D eigenvalue weighted by molar-refractivity contribution is 0.105. The van der Waals surface area contributed by atoms with Crippen LogP contribution >= 0.6 is 0 Å². The van der Waals surface area contributed by atoms with Crippen LogP contribution in [0, 0.1) is 18.7 Å². The van der Waals surface area contributed by atoms with E-state index >= 15 is 0 Å². The summed E-state index contributed by atoms with van der Waals surface area (Å²) in [6.45, 7) is 9.17. The Bertz CT molecular complexity index is 1450. The molecular formula is C28H37FN6O3S. The Balaban J connectivity index is 1.68. The first-order valence-electron chi connectivity index (χ1n) is 13.0. The van der Waals surface area contributed by atoms with Gasteiger partial charge in [-0.2, -0.15) is 9.40 Å². The maximum Gasteiger partial charge on any atom is 0.246 e. The van der Waals surface area contributed by atoms with Gasteiger partial charge in [0.1, 0.15) is 10.7 Å². The first kappa shape index (κ1) is 28.9. The second kappa shape index (κ2) is 12.4. The molecule has 0 bridgehead atoms. The van der Waals surface area contributed by atoms with Crippen molar-refractivity contribution in [2.24, 2.45) is 16.6 Å². The SMILES string of the molecule is COCCN=CC(=CN)S(=O)(=O)N1CCN(CC(C)C)[C@H](c2cc3cnn(-c4ccc(F)cc4)c3cc2C)C1. The average Bonchev–Trinajstić information content (AvgIpc) is 3.31. The maximum absolute atomic E-state index is 13.6. The molecular weight excluding hydrogens is 519 g/mol. The van der Waals surface area contributed by atoms with Crippen LogP contribution in [-0.4, -0.2) is 80.1 Å². The topological polar surface area (TPSA) is 106 Å². The number of allylic oxidation sites excluding steroid dienone is 1. The Morgan fingerprint density at radius 3 is 2.67 bits per heavy atom. The van der Waals surface area contributed by atoms with Crippen molar-refractivity contribution in [2.75, 3.05) is 46.4 Å². The van der Waals surface area contributed by atoms with Crippen molar-refractivity contribution in [1.82, 2.24) is 19.0 Å². The molecule has 1 atom stereocenters. The van der Waals surface area contributed by atoms with Gasteiger partial charge >= 0.3 is 0 Å². The number of aromatic nitrogens is 2. The molecule has 3 aromatic rings. The van der Waals surface area contributed by atoms with Gasteiger partial charge in [0.15, 0.2) is 0 Å². The molecule has 39 heavy (non-hydrogen) atoms. The predicted octanol–water partition coefficient (Wildman–Crippen LogP) is 3.63. The number of nitrogens with zero attached hydrogens (tertiary/aromatic N) is 5. The molecule has 0 unspecified atom stereocenters. The molecule has 1 aliphatic heterocycles. The maximum atomic E-state index is 13.6. The van der Waals surface area contributed by atoms with Gasteiger partial charge in [-0.15, -0.1) is 0 Å². The molecule has 2 heterocycles. The van der Waals surface area contributed by atoms with Gasteiger partial charge in [0.25, 0.3) is 0 Å². The van der Waals surface area contributed by atoms with E-state index in [0.717, 1.165) is 40.5 Å². The molecule has 11 heteroatoms. The molecule has 4 rings (SSSR count). The van der Waals surface area contributed by atoms with Crippen LogP contribution in [0.1, 0.15) is 31.0 Å². The van der Waals surface area contributed by atoms with E-state index in [9.17, 15) is 12.8 Å². The number of benzene rings is 2. The van der Waals surface area contributed by atoms with Crippen LogP contribution in [0.4, 0.5) is 4.39 Å². The van der Waals surface area contributed by atoms with E-state index in [1.807, 2.05) is 6.92 Å². The standard InChI is InChI=1S/C28H37FN6O3S/c1-20(2)18-33-10-11-34(39(36,37)25(15-30)17-31-9-12-38-4)19-28(33)26-14-22-16-32-35(27(22)13-21(26)3)24-7-5-23(29)6-8-24/h5-8,13-17,20,28H,9-12,18-19,30H2,1-4H3/t28-/m0/s1. The predicted molar refractivity (Wildman–Crippen MR) is 153 cm³/mol. The Labute approximate surface area is 229 Å². The summed E-state index contributed by atoms with van der Waals surface area (Å²) in [5.74, 6) is 0.109. The quantitative estimate of drug-likeness (QED) is 0.302. The molecule has 2 aromatic carbocycles. The van der Waals surface area contributed by atoms with Gasteiger partial charge in [-0.05, 0) is 60.4 Å². The van der Waals surface area contributed by atoms with Crippen molar-refractivity contribution in [3.05, 3.63) is 70.6 Å². The third-order valence-electron chi connectivity index (χ3n) is 6.88. The number of methoxy groups -OCH3 is 1. The Morgan fingerprint density at radius 2 is 2.00 bits per heavy atom. The summed E-state index contributed by atoms with van der Waals surface area (Å²) >= 11 is 0. The van der Waals surface area contributed by atoms with Gasteiger partial charge in [0, 0.05) is 57.1 Å². The Hall–Kier alpha value is -3.12. The molecule has 9 nitrogen and oxygen atoms in total. The number of fused-ring (bicyclic) bond motifs is 1. The van der Waals surface area contributed by atoms with Crippen LogP contribution in [0.5, 0.6) is 0 Å². The van der Waals surface area contributed by atoms with Crippen molar-refractivity contribution in [2.45, 2.75) is 26.8 Å². The lowest BCUT2D eigenvalue weighted by atomic mass is 9.96. The van der Waals surface area contributed by atoms with Crippen molar-refractivity contribution >= 4 is 27.1 Å². The summed E-state index contributed by atoms with van der Waals surface area (Å²) < 4.78 is 48.9. The van der Waals surface area contributed by atoms with Crippen LogP contribution < -0.4 is 5.73 Å². The van der Waals surface area contributed by atoms with Crippen molar-refractivity contribution < 1.29 is 17.5 Å². The summed E-state index contributed by atoms with van der Waals surface area (Å²) in [4.78, 5) is 6.49. The van der Waals surface area contributed by atoms with Gasteiger partial charge in [-0.1, -0.05) is 13.8 Å². The van der Waals surface area contributed by atoms with Gasteiger partial charge in [0.2, 0.25) is 10.0 Å². The van der Waals surface area contributed by atoms with E-state index in [0.29, 0.717) is 32.2 Å². The number of ether oxygens (including phenoxy) is 1. The lowest BCUT2D eigenvalue weighted by Gasteiger charge is -2.42. The average molecular weight is 557 g/mol. The van der Waals surface area contributed by atoms with Crippen LogP contribution in [-0.2, 0) is 14.8 Å². The Kier molecular flexibility index (Phi) is 9.16. The first-order valence-corrected chi connectivity index (χ1v) is 14.5. The minimum atomic E-state index is -3.84. The summed E-state index contributed by atoms with van der Waals surface area (Å²) in [6.07, 6.45) is 4.20. The molecule has 0 radical (unpaired) electrons. The number of nitrogens with two attached hydrogens (primary N) is 1. The van der Waals surface area contributed by atoms with Crippen LogP contribution in [0.25, 0.3) is 16.6 Å². The van der Waals surface area contributed by atoms with Crippen molar-refractivity contribution in [3.63, 3.8) is 0 Å². The van der Waals surface area contributed by atoms with E-state index < -0.39 is 10.0 Å². The fourth-order valence-corrected chi connectivity index (χ4v) is 6.32. The highest BCUT2D eigenvalue weighted by atomic mass is 32.2. The van der Waals surface area contributed by atoms with E-state index in [4.69, 9.17) is 10.5 Å². The second-order valence-corrected chi connectivity index (χ2v) is 12.1. The molecule has 0 amide bonds. The van der Waals surface area contributed by atoms with E-state index in [2.05, 4.69) is 41.0 Å². The molecule has 1 aromatic heterocycles. The number of aliphatic imine (C=N–C) groups is 1. The molecule has 210 valence electrons. The Morgan fingerprint density at radius 1 is 1.26 bits per heavy atom. The number of sulfonamides is 1. The van der Waals surface area contributed by atoms with Gasteiger partial charge in [0.05, 0.1) is 30.6 Å². The largest absolute Gasteiger partial charge is 0.403 e. The van der Waals surface area contributed by atoms with E-state index in [-0.39, 0.29) is 23.3 Å². The fourth-order valence-electron chi connectivity index (χ4n) is 4.98. The fraction of sp³-hybridized carbons (Fsp3) is 0.429. The van der Waals surface area contributed by atoms with Crippen molar-refractivity contribution in [3.8, 4) is 5.69 Å². The van der Waals surface area contributed by atoms with E-state index in [1.54, 1.807) is 30.1 Å². The zero-order valence-electron chi connectivity index (χ0n) is 22.9. The zero-order valence-corrected chi connectivity index (χ0v) is 23.7. The summed E-state index contributed by atoms with van der Waals surface area (Å²) in [5.41, 5.74) is 9.48. The zero-order chi connectivity index (χ0) is 28.2. The number of hydrogen-bond acceptors (Lipinski definition) is 7. The highest BCUT2D eigenvalue weighted by molar-refractivity contribution is 7.93. The minimum Gasteiger partial charge on any atom is -0.403 e. The normalized spacial score (nSPS) is 18.1. The van der Waals surface area contributed by atoms with Gasteiger partial charge in [-0.25, -0.2) is 17.5 Å². The molecule has 1 saturated heterocycles. The molecule has 1 aliphatic rings. The van der Waals surface area contributed by atoms with Crippen molar-refractivity contribution in [1.29, 1.82) is 0 Å². The van der Waals surface area contributed by atoms with Crippen LogP contribution in [0.3, 0.4) is 0 Å². The molecule has 0 spiro atoms. The van der Waals surface area contributed by atoms with Gasteiger partial charge < -0.3 is 10.5 Å². The number of halogens is 1. The summed E-state index contributed by atoms with van der Waals surface area (Å²) in [6, 6.07) is 10.2.